The molecule has 0 aromatic heterocycles. The van der Waals surface area contributed by atoms with Gasteiger partial charge in [-0.1, -0.05) is 31.9 Å². The number of benzene rings is 2. The van der Waals surface area contributed by atoms with Crippen LogP contribution in [0, 0.1) is 35.3 Å². The number of alkyl halides is 5. The first kappa shape index (κ1) is 33.8. The van der Waals surface area contributed by atoms with Crippen LogP contribution in [-0.2, 0) is 9.47 Å². The molecule has 2 aromatic carbocycles. The molecule has 1 aliphatic heterocycles. The van der Waals surface area contributed by atoms with Crippen LogP contribution in [0.25, 0.3) is 0 Å². The van der Waals surface area contributed by atoms with E-state index in [1.54, 1.807) is 0 Å². The van der Waals surface area contributed by atoms with Gasteiger partial charge in [0.2, 0.25) is 0 Å². The molecule has 0 bridgehead atoms. The number of hydrogen-bond donors (Lipinski definition) is 0. The molecular weight excluding hydrogens is 605 g/mol. The summed E-state index contributed by atoms with van der Waals surface area (Å²) in [5, 5.41) is 0. The Hall–Kier alpha value is -2.53. The van der Waals surface area contributed by atoms with E-state index in [1.165, 1.54) is 6.07 Å². The summed E-state index contributed by atoms with van der Waals surface area (Å²) >= 11 is 0. The lowest BCUT2D eigenvalue weighted by molar-refractivity contribution is -0.275. The average Bonchev–Trinajstić information content (AvgIpc) is 3.01. The number of ether oxygens (including phenoxy) is 4. The third kappa shape index (κ3) is 8.84. The standard InChI is InChI=1S/C34H41F7O4/c1-2-3-4-21-19-42-32(43-20-21)25-11-15-28(29(35)17-25)24-7-5-22(6-8-24)23-9-12-26(13-10-23)33(37,38)44-27-14-16-31(30(36)18-27)45-34(39,40)41/h11,14-18,21-24,26,32H,2-10,12-13,19-20H2,1H3. The maximum Gasteiger partial charge on any atom is 0.573 e. The van der Waals surface area contributed by atoms with Gasteiger partial charge in [0, 0.05) is 17.5 Å². The minimum absolute atomic E-state index is 0.101. The Morgan fingerprint density at radius 3 is 1.98 bits per heavy atom. The van der Waals surface area contributed by atoms with Crippen LogP contribution in [0.4, 0.5) is 30.7 Å². The van der Waals surface area contributed by atoms with Crippen LogP contribution in [0.15, 0.2) is 36.4 Å². The van der Waals surface area contributed by atoms with Crippen molar-refractivity contribution in [3.8, 4) is 11.5 Å². The summed E-state index contributed by atoms with van der Waals surface area (Å²) in [4.78, 5) is 0. The van der Waals surface area contributed by atoms with Crippen molar-refractivity contribution < 1.29 is 49.7 Å². The van der Waals surface area contributed by atoms with E-state index >= 15 is 4.39 Å². The SMILES string of the molecule is CCCCC1COC(c2ccc(C3CCC(C4CCC(C(F)(F)Oc5ccc(OC(F)(F)F)c(F)c5)CC4)CC3)c(F)c2)OC1. The van der Waals surface area contributed by atoms with E-state index in [0.717, 1.165) is 51.0 Å². The zero-order valence-electron chi connectivity index (χ0n) is 25.4. The normalized spacial score (nSPS) is 28.1. The Morgan fingerprint density at radius 1 is 0.756 bits per heavy atom. The quantitative estimate of drug-likeness (QED) is 0.241. The molecule has 11 heteroatoms. The van der Waals surface area contributed by atoms with Gasteiger partial charge in [0.25, 0.3) is 0 Å². The summed E-state index contributed by atoms with van der Waals surface area (Å²) in [7, 11) is 0. The largest absolute Gasteiger partial charge is 0.573 e. The predicted octanol–water partition coefficient (Wildman–Crippen LogP) is 10.5. The zero-order valence-corrected chi connectivity index (χ0v) is 25.4. The second-order valence-corrected chi connectivity index (χ2v) is 12.8. The lowest BCUT2D eigenvalue weighted by Gasteiger charge is -2.39. The minimum Gasteiger partial charge on any atom is -0.432 e. The van der Waals surface area contributed by atoms with Crippen molar-refractivity contribution in [2.24, 2.45) is 23.7 Å². The van der Waals surface area contributed by atoms with Crippen LogP contribution in [0.5, 0.6) is 11.5 Å². The molecule has 0 N–H and O–H groups in total. The molecule has 2 aliphatic carbocycles. The Bertz CT molecular complexity index is 1250. The van der Waals surface area contributed by atoms with E-state index in [0.29, 0.717) is 61.2 Å². The fraction of sp³-hybridized carbons (Fsp3) is 0.647. The fourth-order valence-corrected chi connectivity index (χ4v) is 7.24. The van der Waals surface area contributed by atoms with Gasteiger partial charge in [0.05, 0.1) is 19.1 Å². The van der Waals surface area contributed by atoms with Gasteiger partial charge in [-0.2, -0.15) is 8.78 Å². The van der Waals surface area contributed by atoms with Crippen LogP contribution in [0.3, 0.4) is 0 Å². The predicted molar refractivity (Wildman–Crippen MR) is 153 cm³/mol. The third-order valence-corrected chi connectivity index (χ3v) is 9.74. The number of rotatable bonds is 10. The van der Waals surface area contributed by atoms with E-state index in [9.17, 15) is 26.3 Å². The first-order valence-corrected chi connectivity index (χ1v) is 16.1. The maximum absolute atomic E-state index is 15.2. The number of hydrogen-bond acceptors (Lipinski definition) is 4. The maximum atomic E-state index is 15.2. The van der Waals surface area contributed by atoms with E-state index < -0.39 is 42.0 Å². The van der Waals surface area contributed by atoms with Crippen LogP contribution in [0.2, 0.25) is 0 Å². The van der Waals surface area contributed by atoms with Crippen molar-refractivity contribution >= 4 is 0 Å². The van der Waals surface area contributed by atoms with Gasteiger partial charge in [0.1, 0.15) is 11.6 Å². The van der Waals surface area contributed by atoms with Gasteiger partial charge in [-0.25, -0.2) is 8.78 Å². The zero-order chi connectivity index (χ0) is 32.2. The van der Waals surface area contributed by atoms with Gasteiger partial charge in [-0.05, 0) is 99.3 Å². The molecule has 0 radical (unpaired) electrons. The van der Waals surface area contributed by atoms with Crippen LogP contribution >= 0.6 is 0 Å². The van der Waals surface area contributed by atoms with Gasteiger partial charge in [0.15, 0.2) is 17.9 Å². The summed E-state index contributed by atoms with van der Waals surface area (Å²) in [5.74, 6) is -3.34. The second kappa shape index (κ2) is 14.5. The highest BCUT2D eigenvalue weighted by Gasteiger charge is 2.45. The first-order valence-electron chi connectivity index (χ1n) is 16.1. The highest BCUT2D eigenvalue weighted by molar-refractivity contribution is 5.33. The molecule has 3 aliphatic rings. The molecule has 2 saturated carbocycles. The first-order chi connectivity index (χ1) is 21.4. The molecule has 45 heavy (non-hydrogen) atoms. The van der Waals surface area contributed by atoms with Gasteiger partial charge in [-0.15, -0.1) is 13.2 Å². The van der Waals surface area contributed by atoms with Crippen molar-refractivity contribution in [2.75, 3.05) is 13.2 Å². The molecule has 5 rings (SSSR count). The summed E-state index contributed by atoms with van der Waals surface area (Å²) < 4.78 is 116. The molecular formula is C34H41F7O4. The van der Waals surface area contributed by atoms with Gasteiger partial charge >= 0.3 is 12.5 Å². The van der Waals surface area contributed by atoms with Crippen molar-refractivity contribution in [3.05, 3.63) is 59.2 Å². The average molecular weight is 647 g/mol. The molecule has 0 unspecified atom stereocenters. The topological polar surface area (TPSA) is 36.9 Å². The molecule has 1 heterocycles. The minimum atomic E-state index is -5.11. The van der Waals surface area contributed by atoms with Gasteiger partial charge in [-0.3, -0.25) is 0 Å². The van der Waals surface area contributed by atoms with Gasteiger partial charge < -0.3 is 18.9 Å². The monoisotopic (exact) mass is 646 g/mol. The molecule has 0 atom stereocenters. The Morgan fingerprint density at radius 2 is 1.40 bits per heavy atom. The van der Waals surface area contributed by atoms with Crippen molar-refractivity contribution in [3.63, 3.8) is 0 Å². The molecule has 0 spiro atoms. The van der Waals surface area contributed by atoms with E-state index in [2.05, 4.69) is 11.7 Å². The van der Waals surface area contributed by atoms with Crippen LogP contribution in [-0.4, -0.2) is 25.7 Å². The highest BCUT2D eigenvalue weighted by Crippen LogP contribution is 2.47. The molecule has 0 amide bonds. The summed E-state index contributed by atoms with van der Waals surface area (Å²) in [5.41, 5.74) is 1.39. The number of halogens is 7. The molecule has 3 fully saturated rings. The van der Waals surface area contributed by atoms with E-state index in [4.69, 9.17) is 14.2 Å². The summed E-state index contributed by atoms with van der Waals surface area (Å²) in [6.07, 6.45) is -0.853. The van der Waals surface area contributed by atoms with Crippen LogP contribution in [0.1, 0.15) is 101 Å². The second-order valence-electron chi connectivity index (χ2n) is 12.8. The van der Waals surface area contributed by atoms with E-state index in [-0.39, 0.29) is 30.5 Å². The molecule has 2 aromatic rings. The number of unbranched alkanes of at least 4 members (excludes halogenated alkanes) is 1. The van der Waals surface area contributed by atoms with Crippen molar-refractivity contribution in [1.29, 1.82) is 0 Å². The molecule has 4 nitrogen and oxygen atoms in total. The Balaban J connectivity index is 1.07. The molecule has 1 saturated heterocycles. The fourth-order valence-electron chi connectivity index (χ4n) is 7.24. The van der Waals surface area contributed by atoms with Crippen molar-refractivity contribution in [1.82, 2.24) is 0 Å². The third-order valence-electron chi connectivity index (χ3n) is 9.74. The summed E-state index contributed by atoms with van der Waals surface area (Å²) in [6.45, 7) is 3.38. The van der Waals surface area contributed by atoms with E-state index in [1.807, 2.05) is 12.1 Å². The Labute approximate surface area is 259 Å². The molecule has 250 valence electrons. The van der Waals surface area contributed by atoms with Crippen LogP contribution < -0.4 is 9.47 Å². The Kier molecular flexibility index (Phi) is 10.9. The van der Waals surface area contributed by atoms with Crippen molar-refractivity contribution in [2.45, 2.75) is 102 Å². The lowest BCUT2D eigenvalue weighted by Crippen LogP contribution is -2.38. The highest BCUT2D eigenvalue weighted by atomic mass is 19.4. The lowest BCUT2D eigenvalue weighted by atomic mass is 9.68. The summed E-state index contributed by atoms with van der Waals surface area (Å²) in [6, 6.07) is 7.19. The smallest absolute Gasteiger partial charge is 0.432 e.